The molecule has 5 heteroatoms. The minimum Gasteiger partial charge on any atom is -0.368 e. The number of primary amides is 1. The molecule has 3 N–H and O–H groups in total. The molecule has 0 aromatic heterocycles. The first-order valence-electron chi connectivity index (χ1n) is 3.93. The van der Waals surface area contributed by atoms with E-state index in [0.717, 1.165) is 0 Å². The molecule has 0 aromatic rings. The van der Waals surface area contributed by atoms with Crippen molar-refractivity contribution in [3.05, 3.63) is 0 Å². The highest BCUT2D eigenvalue weighted by Gasteiger charge is 2.18. The zero-order valence-corrected chi connectivity index (χ0v) is 7.70. The topological polar surface area (TPSA) is 96.0 Å². The third-order valence-electron chi connectivity index (χ3n) is 1.53. The van der Waals surface area contributed by atoms with E-state index >= 15 is 0 Å². The number of nitrogens with one attached hydrogen (secondary N) is 1. The Morgan fingerprint density at radius 2 is 2.15 bits per heavy atom. The van der Waals surface area contributed by atoms with Gasteiger partial charge in [0, 0.05) is 12.8 Å². The Morgan fingerprint density at radius 3 is 2.46 bits per heavy atom. The molecule has 0 rings (SSSR count). The summed E-state index contributed by atoms with van der Waals surface area (Å²) in [4.78, 5) is 21.4. The lowest BCUT2D eigenvalue weighted by atomic mass is 10.0. The first-order chi connectivity index (χ1) is 5.97. The summed E-state index contributed by atoms with van der Waals surface area (Å²) in [5, 5.41) is 10.9. The SMILES string of the molecule is CC(=O)N[C@@H](C[C@@H](C)C#N)C(N)=O. The summed E-state index contributed by atoms with van der Waals surface area (Å²) in [6.07, 6.45) is 0.255. The minimum atomic E-state index is -0.743. The fraction of sp³-hybridized carbons (Fsp3) is 0.625. The molecule has 0 fully saturated rings. The van der Waals surface area contributed by atoms with E-state index < -0.39 is 11.9 Å². The third kappa shape index (κ3) is 4.80. The number of hydrogen-bond acceptors (Lipinski definition) is 3. The number of nitrogens with zero attached hydrogens (tertiary/aromatic N) is 1. The van der Waals surface area contributed by atoms with Gasteiger partial charge in [-0.3, -0.25) is 9.59 Å². The molecule has 0 radical (unpaired) electrons. The molecule has 0 aliphatic heterocycles. The largest absolute Gasteiger partial charge is 0.368 e. The summed E-state index contributed by atoms with van der Waals surface area (Å²) in [5.74, 6) is -1.24. The van der Waals surface area contributed by atoms with E-state index in [1.807, 2.05) is 6.07 Å². The van der Waals surface area contributed by atoms with E-state index in [9.17, 15) is 9.59 Å². The van der Waals surface area contributed by atoms with Gasteiger partial charge in [0.2, 0.25) is 11.8 Å². The molecule has 13 heavy (non-hydrogen) atoms. The van der Waals surface area contributed by atoms with Crippen molar-refractivity contribution in [2.75, 3.05) is 0 Å². The van der Waals surface area contributed by atoms with Crippen LogP contribution in [-0.2, 0) is 9.59 Å². The summed E-state index contributed by atoms with van der Waals surface area (Å²) in [7, 11) is 0. The highest BCUT2D eigenvalue weighted by molar-refractivity contribution is 5.85. The Bertz CT molecular complexity index is 244. The lowest BCUT2D eigenvalue weighted by Crippen LogP contribution is -2.44. The normalized spacial score (nSPS) is 13.9. The molecule has 0 saturated carbocycles. The highest BCUT2D eigenvalue weighted by atomic mass is 16.2. The van der Waals surface area contributed by atoms with Crippen LogP contribution < -0.4 is 11.1 Å². The van der Waals surface area contributed by atoms with Crippen molar-refractivity contribution < 1.29 is 9.59 Å². The molecule has 5 nitrogen and oxygen atoms in total. The predicted molar refractivity (Wildman–Crippen MR) is 46.2 cm³/mol. The maximum atomic E-state index is 10.8. The Labute approximate surface area is 76.9 Å². The fourth-order valence-corrected chi connectivity index (χ4v) is 0.898. The number of hydrogen-bond donors (Lipinski definition) is 2. The predicted octanol–water partition coefficient (Wildman–Crippen LogP) is -0.474. The highest BCUT2D eigenvalue weighted by Crippen LogP contribution is 2.03. The van der Waals surface area contributed by atoms with Gasteiger partial charge in [0.15, 0.2) is 0 Å². The van der Waals surface area contributed by atoms with Gasteiger partial charge in [-0.05, 0) is 13.3 Å². The third-order valence-corrected chi connectivity index (χ3v) is 1.53. The smallest absolute Gasteiger partial charge is 0.240 e. The van der Waals surface area contributed by atoms with Gasteiger partial charge in [0.1, 0.15) is 6.04 Å². The number of nitrogens with two attached hydrogens (primary N) is 1. The summed E-state index contributed by atoms with van der Waals surface area (Å²) >= 11 is 0. The van der Waals surface area contributed by atoms with Crippen LogP contribution in [0.4, 0.5) is 0 Å². The maximum absolute atomic E-state index is 10.8. The number of rotatable bonds is 4. The van der Waals surface area contributed by atoms with Crippen molar-refractivity contribution in [3.8, 4) is 6.07 Å². The fourth-order valence-electron chi connectivity index (χ4n) is 0.898. The maximum Gasteiger partial charge on any atom is 0.240 e. The van der Waals surface area contributed by atoms with E-state index in [1.54, 1.807) is 6.92 Å². The first-order valence-corrected chi connectivity index (χ1v) is 3.93. The van der Waals surface area contributed by atoms with Crippen LogP contribution in [0.15, 0.2) is 0 Å². The number of nitriles is 1. The van der Waals surface area contributed by atoms with Crippen LogP contribution in [0.1, 0.15) is 20.3 Å². The van der Waals surface area contributed by atoms with Gasteiger partial charge in [0.05, 0.1) is 6.07 Å². The average molecular weight is 183 g/mol. The second kappa shape index (κ2) is 5.14. The van der Waals surface area contributed by atoms with Crippen molar-refractivity contribution in [3.63, 3.8) is 0 Å². The molecule has 0 spiro atoms. The van der Waals surface area contributed by atoms with E-state index in [2.05, 4.69) is 5.32 Å². The molecule has 0 bridgehead atoms. The molecule has 0 aliphatic carbocycles. The lowest BCUT2D eigenvalue weighted by Gasteiger charge is -2.14. The van der Waals surface area contributed by atoms with Gasteiger partial charge in [-0.15, -0.1) is 0 Å². The Hall–Kier alpha value is -1.57. The summed E-state index contributed by atoms with van der Waals surface area (Å²) in [6.45, 7) is 2.96. The van der Waals surface area contributed by atoms with E-state index in [1.165, 1.54) is 6.92 Å². The first kappa shape index (κ1) is 11.4. The summed E-state index contributed by atoms with van der Waals surface area (Å²) in [5.41, 5.74) is 5.02. The second-order valence-electron chi connectivity index (χ2n) is 2.92. The zero-order valence-electron chi connectivity index (χ0n) is 7.70. The Kier molecular flexibility index (Phi) is 4.52. The van der Waals surface area contributed by atoms with Crippen LogP contribution in [0.3, 0.4) is 0 Å². The number of carbonyl (C=O) groups is 2. The van der Waals surface area contributed by atoms with E-state index in [-0.39, 0.29) is 18.2 Å². The molecule has 2 amide bonds. The molecule has 0 aromatic carbocycles. The Balaban J connectivity index is 4.20. The van der Waals surface area contributed by atoms with Crippen molar-refractivity contribution >= 4 is 11.8 Å². The van der Waals surface area contributed by atoms with E-state index in [4.69, 9.17) is 11.0 Å². The van der Waals surface area contributed by atoms with Gasteiger partial charge in [-0.1, -0.05) is 0 Å². The van der Waals surface area contributed by atoms with Crippen LogP contribution in [0, 0.1) is 17.2 Å². The van der Waals surface area contributed by atoms with Crippen molar-refractivity contribution in [2.45, 2.75) is 26.3 Å². The molecular formula is C8H13N3O2. The summed E-state index contributed by atoms with van der Waals surface area (Å²) in [6, 6.07) is 1.22. The molecule has 0 saturated heterocycles. The van der Waals surface area contributed by atoms with E-state index in [0.29, 0.717) is 0 Å². The quantitative estimate of drug-likeness (QED) is 0.616. The molecule has 0 heterocycles. The summed E-state index contributed by atoms with van der Waals surface area (Å²) < 4.78 is 0. The van der Waals surface area contributed by atoms with Gasteiger partial charge >= 0.3 is 0 Å². The van der Waals surface area contributed by atoms with Crippen LogP contribution in [0.2, 0.25) is 0 Å². The Morgan fingerprint density at radius 1 is 1.62 bits per heavy atom. The van der Waals surface area contributed by atoms with Gasteiger partial charge < -0.3 is 11.1 Å². The van der Waals surface area contributed by atoms with Crippen molar-refractivity contribution in [1.82, 2.24) is 5.32 Å². The number of amides is 2. The van der Waals surface area contributed by atoms with Gasteiger partial charge in [-0.2, -0.15) is 5.26 Å². The van der Waals surface area contributed by atoms with Crippen LogP contribution in [-0.4, -0.2) is 17.9 Å². The van der Waals surface area contributed by atoms with Crippen LogP contribution in [0.5, 0.6) is 0 Å². The zero-order chi connectivity index (χ0) is 10.4. The molecule has 72 valence electrons. The van der Waals surface area contributed by atoms with Crippen LogP contribution >= 0.6 is 0 Å². The van der Waals surface area contributed by atoms with Gasteiger partial charge in [0.25, 0.3) is 0 Å². The van der Waals surface area contributed by atoms with Crippen LogP contribution in [0.25, 0.3) is 0 Å². The molecule has 2 atom stereocenters. The lowest BCUT2D eigenvalue weighted by molar-refractivity contribution is -0.126. The monoisotopic (exact) mass is 183 g/mol. The average Bonchev–Trinajstić information content (AvgIpc) is 2.02. The van der Waals surface area contributed by atoms with Crippen molar-refractivity contribution in [1.29, 1.82) is 5.26 Å². The minimum absolute atomic E-state index is 0.255. The molecule has 0 unspecified atom stereocenters. The van der Waals surface area contributed by atoms with Gasteiger partial charge in [-0.25, -0.2) is 0 Å². The molecule has 0 aliphatic rings. The standard InChI is InChI=1S/C8H13N3O2/c1-5(4-9)3-7(8(10)13)11-6(2)12/h5,7H,3H2,1-2H3,(H2,10,13)(H,11,12)/t5-,7+/m1/s1. The van der Waals surface area contributed by atoms with Crippen molar-refractivity contribution in [2.24, 2.45) is 11.7 Å². The number of carbonyl (C=O) groups excluding carboxylic acids is 2. The molecular weight excluding hydrogens is 170 g/mol. The second-order valence-corrected chi connectivity index (χ2v) is 2.92.